The maximum atomic E-state index is 13.1. The van der Waals surface area contributed by atoms with E-state index in [0.717, 1.165) is 12.1 Å². The molecule has 0 spiro atoms. The van der Waals surface area contributed by atoms with Crippen molar-refractivity contribution in [3.05, 3.63) is 34.4 Å². The van der Waals surface area contributed by atoms with E-state index in [1.807, 2.05) is 0 Å². The molecule has 1 rings (SSSR count). The van der Waals surface area contributed by atoms with Gasteiger partial charge in [-0.3, -0.25) is 4.79 Å². The number of halogens is 3. The first-order chi connectivity index (χ1) is 6.50. The van der Waals surface area contributed by atoms with Gasteiger partial charge in [-0.1, -0.05) is 11.6 Å². The summed E-state index contributed by atoms with van der Waals surface area (Å²) in [6.45, 7) is 0. The van der Waals surface area contributed by atoms with Crippen LogP contribution < -0.4 is 0 Å². The number of carbonyl (C=O) groups is 1. The Hall–Kier alpha value is -1.16. The van der Waals surface area contributed by atoms with Crippen LogP contribution in [0.5, 0.6) is 0 Å². The molecule has 0 saturated heterocycles. The van der Waals surface area contributed by atoms with Gasteiger partial charge in [0.05, 0.1) is 5.02 Å². The second-order valence-corrected chi connectivity index (χ2v) is 3.16. The fourth-order valence-corrected chi connectivity index (χ4v) is 1.26. The molecule has 2 nitrogen and oxygen atoms in total. The van der Waals surface area contributed by atoms with Crippen LogP contribution in [0.2, 0.25) is 5.02 Å². The number of carboxylic acids is 1. The average molecular weight is 221 g/mol. The lowest BCUT2D eigenvalue weighted by Gasteiger charge is -2.03. The summed E-state index contributed by atoms with van der Waals surface area (Å²) >= 11 is 5.37. The summed E-state index contributed by atoms with van der Waals surface area (Å²) in [4.78, 5) is 10.2. The van der Waals surface area contributed by atoms with Crippen molar-refractivity contribution in [1.29, 1.82) is 0 Å². The molecule has 0 aliphatic carbocycles. The third kappa shape index (κ3) is 2.67. The van der Waals surface area contributed by atoms with Crippen LogP contribution in [0.25, 0.3) is 0 Å². The Bertz CT molecular complexity index is 366. The lowest BCUT2D eigenvalue weighted by atomic mass is 10.1. The smallest absolute Gasteiger partial charge is 0.303 e. The average Bonchev–Trinajstić information content (AvgIpc) is 2.08. The van der Waals surface area contributed by atoms with Gasteiger partial charge in [0.25, 0.3) is 0 Å². The molecule has 0 aliphatic rings. The number of hydrogen-bond donors (Lipinski definition) is 1. The highest BCUT2D eigenvalue weighted by atomic mass is 35.5. The normalized spacial score (nSPS) is 10.2. The van der Waals surface area contributed by atoms with Crippen molar-refractivity contribution < 1.29 is 18.7 Å². The van der Waals surface area contributed by atoms with Gasteiger partial charge < -0.3 is 5.11 Å². The van der Waals surface area contributed by atoms with Gasteiger partial charge in [0.1, 0.15) is 11.6 Å². The van der Waals surface area contributed by atoms with E-state index >= 15 is 0 Å². The molecule has 0 bridgehead atoms. The van der Waals surface area contributed by atoms with Crippen LogP contribution >= 0.6 is 11.6 Å². The molecule has 0 aliphatic heterocycles. The van der Waals surface area contributed by atoms with Gasteiger partial charge in [-0.05, 0) is 24.1 Å². The first kappa shape index (κ1) is 10.9. The van der Waals surface area contributed by atoms with Crippen LogP contribution in [0.1, 0.15) is 12.0 Å². The van der Waals surface area contributed by atoms with E-state index in [9.17, 15) is 13.6 Å². The SMILES string of the molecule is O=C(O)CCc1cc(F)cc(Cl)c1F. The minimum absolute atomic E-state index is 0.0163. The van der Waals surface area contributed by atoms with E-state index in [2.05, 4.69) is 0 Å². The first-order valence-electron chi connectivity index (χ1n) is 3.86. The molecule has 0 amide bonds. The first-order valence-corrected chi connectivity index (χ1v) is 4.23. The van der Waals surface area contributed by atoms with E-state index in [-0.39, 0.29) is 23.4 Å². The van der Waals surface area contributed by atoms with Crippen LogP contribution in [0.3, 0.4) is 0 Å². The van der Waals surface area contributed by atoms with E-state index < -0.39 is 17.6 Å². The Morgan fingerprint density at radius 2 is 2.07 bits per heavy atom. The molecule has 0 fully saturated rings. The molecular weight excluding hydrogens is 214 g/mol. The lowest BCUT2D eigenvalue weighted by Crippen LogP contribution is -2.00. The molecule has 0 radical (unpaired) electrons. The number of benzene rings is 1. The quantitative estimate of drug-likeness (QED) is 0.795. The van der Waals surface area contributed by atoms with Gasteiger partial charge in [0.15, 0.2) is 0 Å². The number of rotatable bonds is 3. The molecule has 0 saturated carbocycles. The zero-order valence-corrected chi connectivity index (χ0v) is 7.81. The topological polar surface area (TPSA) is 37.3 Å². The number of hydrogen-bond acceptors (Lipinski definition) is 1. The van der Waals surface area contributed by atoms with Crippen molar-refractivity contribution in [2.75, 3.05) is 0 Å². The predicted octanol–water partition coefficient (Wildman–Crippen LogP) is 2.64. The van der Waals surface area contributed by atoms with Gasteiger partial charge in [-0.15, -0.1) is 0 Å². The summed E-state index contributed by atoms with van der Waals surface area (Å²) in [5.41, 5.74) is -0.0163. The van der Waals surface area contributed by atoms with Crippen molar-refractivity contribution in [1.82, 2.24) is 0 Å². The minimum Gasteiger partial charge on any atom is -0.481 e. The molecule has 14 heavy (non-hydrogen) atoms. The van der Waals surface area contributed by atoms with Crippen molar-refractivity contribution in [2.24, 2.45) is 0 Å². The van der Waals surface area contributed by atoms with E-state index in [1.165, 1.54) is 0 Å². The molecule has 0 atom stereocenters. The Morgan fingerprint density at radius 1 is 1.43 bits per heavy atom. The van der Waals surface area contributed by atoms with Crippen LogP contribution in [0.4, 0.5) is 8.78 Å². The second kappa shape index (κ2) is 4.37. The van der Waals surface area contributed by atoms with Gasteiger partial charge in [0.2, 0.25) is 0 Å². The van der Waals surface area contributed by atoms with Crippen molar-refractivity contribution in [3.8, 4) is 0 Å². The number of aliphatic carboxylic acids is 1. The third-order valence-electron chi connectivity index (χ3n) is 1.68. The highest BCUT2D eigenvalue weighted by Gasteiger charge is 2.10. The number of aryl methyl sites for hydroxylation is 1. The van der Waals surface area contributed by atoms with Crippen molar-refractivity contribution in [2.45, 2.75) is 12.8 Å². The van der Waals surface area contributed by atoms with Crippen LogP contribution in [0, 0.1) is 11.6 Å². The lowest BCUT2D eigenvalue weighted by molar-refractivity contribution is -0.136. The monoisotopic (exact) mass is 220 g/mol. The zero-order valence-electron chi connectivity index (χ0n) is 7.06. The Morgan fingerprint density at radius 3 is 2.64 bits per heavy atom. The third-order valence-corrected chi connectivity index (χ3v) is 1.95. The van der Waals surface area contributed by atoms with Gasteiger partial charge >= 0.3 is 5.97 Å². The molecule has 1 aromatic rings. The molecule has 5 heteroatoms. The van der Waals surface area contributed by atoms with Gasteiger partial charge in [-0.25, -0.2) is 8.78 Å². The second-order valence-electron chi connectivity index (χ2n) is 2.75. The molecule has 0 aromatic heterocycles. The Kier molecular flexibility index (Phi) is 3.41. The van der Waals surface area contributed by atoms with Crippen LogP contribution in [0.15, 0.2) is 12.1 Å². The predicted molar refractivity (Wildman–Crippen MR) is 47.3 cm³/mol. The van der Waals surface area contributed by atoms with Gasteiger partial charge in [-0.2, -0.15) is 0 Å². The zero-order chi connectivity index (χ0) is 10.7. The maximum absolute atomic E-state index is 13.1. The molecule has 0 heterocycles. The van der Waals surface area contributed by atoms with Gasteiger partial charge in [0, 0.05) is 6.42 Å². The highest BCUT2D eigenvalue weighted by Crippen LogP contribution is 2.21. The Balaban J connectivity index is 2.90. The summed E-state index contributed by atoms with van der Waals surface area (Å²) < 4.78 is 25.9. The molecule has 0 unspecified atom stereocenters. The van der Waals surface area contributed by atoms with Crippen molar-refractivity contribution in [3.63, 3.8) is 0 Å². The number of carboxylic acid groups (broad SMARTS) is 1. The largest absolute Gasteiger partial charge is 0.481 e. The summed E-state index contributed by atoms with van der Waals surface area (Å²) in [6.07, 6.45) is -0.324. The molecule has 1 N–H and O–H groups in total. The Labute approximate surface area is 84.1 Å². The summed E-state index contributed by atoms with van der Waals surface area (Å²) in [5, 5.41) is 8.03. The van der Waals surface area contributed by atoms with Crippen molar-refractivity contribution >= 4 is 17.6 Å². The van der Waals surface area contributed by atoms with E-state index in [1.54, 1.807) is 0 Å². The van der Waals surface area contributed by atoms with Crippen LogP contribution in [-0.4, -0.2) is 11.1 Å². The van der Waals surface area contributed by atoms with Crippen LogP contribution in [-0.2, 0) is 11.2 Å². The van der Waals surface area contributed by atoms with E-state index in [4.69, 9.17) is 16.7 Å². The maximum Gasteiger partial charge on any atom is 0.303 e. The molecule has 76 valence electrons. The van der Waals surface area contributed by atoms with E-state index in [0.29, 0.717) is 0 Å². The molecule has 1 aromatic carbocycles. The molecular formula is C9H7ClF2O2. The minimum atomic E-state index is -1.07. The summed E-state index contributed by atoms with van der Waals surface area (Å²) in [6, 6.07) is 1.80. The summed E-state index contributed by atoms with van der Waals surface area (Å²) in [5.74, 6) is -2.49. The fourth-order valence-electron chi connectivity index (χ4n) is 1.03. The highest BCUT2D eigenvalue weighted by molar-refractivity contribution is 6.30. The fraction of sp³-hybridized carbons (Fsp3) is 0.222. The standard InChI is InChI=1S/C9H7ClF2O2/c10-7-4-6(11)3-5(9(7)12)1-2-8(13)14/h3-4H,1-2H2,(H,13,14). The summed E-state index contributed by atoms with van der Waals surface area (Å²) in [7, 11) is 0.